The molecule has 0 spiro atoms. The van der Waals surface area contributed by atoms with Crippen molar-refractivity contribution in [1.29, 1.82) is 0 Å². The Morgan fingerprint density at radius 2 is 2.11 bits per heavy atom. The summed E-state index contributed by atoms with van der Waals surface area (Å²) in [6, 6.07) is 0.299. The summed E-state index contributed by atoms with van der Waals surface area (Å²) in [5.74, 6) is 0.626. The molecule has 5 heteroatoms. The van der Waals surface area contributed by atoms with Crippen LogP contribution in [-0.4, -0.2) is 21.9 Å². The van der Waals surface area contributed by atoms with Crippen LogP contribution in [0.4, 0.5) is 4.79 Å². The highest BCUT2D eigenvalue weighted by molar-refractivity contribution is 5.74. The highest BCUT2D eigenvalue weighted by atomic mass is 16.2. The molecule has 0 saturated heterocycles. The first-order valence-electron chi connectivity index (χ1n) is 7.14. The number of carbonyl (C=O) groups is 1. The molecule has 1 saturated carbocycles. The third-order valence-electron chi connectivity index (χ3n) is 3.88. The molecule has 1 aromatic heterocycles. The topological polar surface area (TPSA) is 59.0 Å². The maximum atomic E-state index is 11.8. The number of hydrogen-bond acceptors (Lipinski definition) is 2. The zero-order valence-electron chi connectivity index (χ0n) is 12.3. The number of aromatic nitrogens is 2. The summed E-state index contributed by atoms with van der Waals surface area (Å²) in [6.07, 6.45) is 2.93. The van der Waals surface area contributed by atoms with E-state index in [1.54, 1.807) is 0 Å². The lowest BCUT2D eigenvalue weighted by molar-refractivity contribution is 0.239. The molecular weight excluding hydrogens is 240 g/mol. The molecule has 0 unspecified atom stereocenters. The van der Waals surface area contributed by atoms with Crippen LogP contribution >= 0.6 is 0 Å². The van der Waals surface area contributed by atoms with Crippen molar-refractivity contribution >= 4 is 6.03 Å². The fourth-order valence-corrected chi connectivity index (χ4v) is 2.51. The maximum Gasteiger partial charge on any atom is 0.315 e. The molecule has 106 valence electrons. The van der Waals surface area contributed by atoms with Crippen molar-refractivity contribution in [1.82, 2.24) is 20.4 Å². The molecule has 2 N–H and O–H groups in total. The average molecular weight is 264 g/mol. The van der Waals surface area contributed by atoms with Crippen LogP contribution in [0.15, 0.2) is 0 Å². The maximum absolute atomic E-state index is 11.8. The third-order valence-corrected chi connectivity index (χ3v) is 3.88. The van der Waals surface area contributed by atoms with Crippen molar-refractivity contribution in [3.8, 4) is 0 Å². The molecule has 0 aromatic carbocycles. The van der Waals surface area contributed by atoms with E-state index >= 15 is 0 Å². The SMILES string of the molecule is CCc1nn(C)c(CC)c1CNC(=O)N[C@@H]1C[C@H]1C. The van der Waals surface area contributed by atoms with Crippen LogP contribution in [0.5, 0.6) is 0 Å². The number of nitrogens with one attached hydrogen (secondary N) is 2. The van der Waals surface area contributed by atoms with Gasteiger partial charge in [-0.1, -0.05) is 20.8 Å². The van der Waals surface area contributed by atoms with Gasteiger partial charge < -0.3 is 10.6 Å². The van der Waals surface area contributed by atoms with Gasteiger partial charge in [0.2, 0.25) is 0 Å². The predicted octanol–water partition coefficient (Wildman–Crippen LogP) is 1.75. The first-order chi connectivity index (χ1) is 9.06. The molecule has 0 radical (unpaired) electrons. The smallest absolute Gasteiger partial charge is 0.315 e. The fourth-order valence-electron chi connectivity index (χ4n) is 2.51. The number of aryl methyl sites for hydroxylation is 2. The van der Waals surface area contributed by atoms with Crippen molar-refractivity contribution in [3.63, 3.8) is 0 Å². The minimum absolute atomic E-state index is 0.0673. The minimum Gasteiger partial charge on any atom is -0.335 e. The molecule has 1 aliphatic carbocycles. The summed E-state index contributed by atoms with van der Waals surface area (Å²) in [4.78, 5) is 11.8. The average Bonchev–Trinajstić information content (AvgIpc) is 2.96. The van der Waals surface area contributed by atoms with E-state index in [9.17, 15) is 4.79 Å². The summed E-state index contributed by atoms with van der Waals surface area (Å²) in [6.45, 7) is 6.92. The number of hydrogen-bond donors (Lipinski definition) is 2. The zero-order chi connectivity index (χ0) is 14.0. The minimum atomic E-state index is -0.0673. The Labute approximate surface area is 114 Å². The molecule has 19 heavy (non-hydrogen) atoms. The predicted molar refractivity (Wildman–Crippen MR) is 74.9 cm³/mol. The zero-order valence-corrected chi connectivity index (χ0v) is 12.3. The first-order valence-corrected chi connectivity index (χ1v) is 7.14. The first kappa shape index (κ1) is 13.9. The van der Waals surface area contributed by atoms with E-state index in [2.05, 4.69) is 36.5 Å². The second-order valence-electron chi connectivity index (χ2n) is 5.35. The van der Waals surface area contributed by atoms with Gasteiger partial charge >= 0.3 is 6.03 Å². The lowest BCUT2D eigenvalue weighted by atomic mass is 10.1. The van der Waals surface area contributed by atoms with E-state index < -0.39 is 0 Å². The molecule has 1 heterocycles. The standard InChI is InChI=1S/C14H24N4O/c1-5-11-10(13(6-2)18(4)17-11)8-15-14(19)16-12-7-9(12)3/h9,12H,5-8H2,1-4H3,(H2,15,16,19)/t9-,12-/m1/s1. The number of nitrogens with zero attached hydrogens (tertiary/aromatic N) is 2. The van der Waals surface area contributed by atoms with Crippen LogP contribution in [0, 0.1) is 5.92 Å². The fraction of sp³-hybridized carbons (Fsp3) is 0.714. The van der Waals surface area contributed by atoms with Crippen LogP contribution in [-0.2, 0) is 26.4 Å². The summed E-state index contributed by atoms with van der Waals surface area (Å²) in [7, 11) is 1.97. The van der Waals surface area contributed by atoms with E-state index in [1.807, 2.05) is 11.7 Å². The molecule has 5 nitrogen and oxygen atoms in total. The number of amides is 2. The summed E-state index contributed by atoms with van der Waals surface area (Å²) in [5, 5.41) is 10.4. The van der Waals surface area contributed by atoms with Crippen LogP contribution < -0.4 is 10.6 Å². The Balaban J connectivity index is 1.96. The summed E-state index contributed by atoms with van der Waals surface area (Å²) in [5.41, 5.74) is 3.46. The Morgan fingerprint density at radius 1 is 1.42 bits per heavy atom. The van der Waals surface area contributed by atoms with Gasteiger partial charge in [-0.3, -0.25) is 4.68 Å². The number of rotatable bonds is 5. The van der Waals surface area contributed by atoms with Gasteiger partial charge in [0.1, 0.15) is 0 Å². The van der Waals surface area contributed by atoms with E-state index in [4.69, 9.17) is 0 Å². The van der Waals surface area contributed by atoms with Gasteiger partial charge in [-0.05, 0) is 25.2 Å². The Morgan fingerprint density at radius 3 is 2.63 bits per heavy atom. The number of urea groups is 1. The monoisotopic (exact) mass is 264 g/mol. The summed E-state index contributed by atoms with van der Waals surface area (Å²) < 4.78 is 1.93. The highest BCUT2D eigenvalue weighted by Gasteiger charge is 2.33. The molecular formula is C14H24N4O. The van der Waals surface area contributed by atoms with Crippen molar-refractivity contribution in [2.24, 2.45) is 13.0 Å². The van der Waals surface area contributed by atoms with Crippen molar-refractivity contribution in [2.45, 2.75) is 52.6 Å². The normalized spacial score (nSPS) is 21.3. The molecule has 1 fully saturated rings. The van der Waals surface area contributed by atoms with Gasteiger partial charge in [0.15, 0.2) is 0 Å². The third kappa shape index (κ3) is 3.08. The van der Waals surface area contributed by atoms with Crippen LogP contribution in [0.25, 0.3) is 0 Å². The lowest BCUT2D eigenvalue weighted by Gasteiger charge is -2.08. The molecule has 0 aliphatic heterocycles. The molecule has 2 atom stereocenters. The Bertz CT molecular complexity index is 466. The van der Waals surface area contributed by atoms with Crippen LogP contribution in [0.3, 0.4) is 0 Å². The van der Waals surface area contributed by atoms with Crippen LogP contribution in [0.2, 0.25) is 0 Å². The molecule has 0 bridgehead atoms. The second kappa shape index (κ2) is 5.63. The molecule has 2 amide bonds. The molecule has 2 rings (SSSR count). The van der Waals surface area contributed by atoms with Crippen molar-refractivity contribution < 1.29 is 4.79 Å². The van der Waals surface area contributed by atoms with Gasteiger partial charge in [0.05, 0.1) is 5.69 Å². The van der Waals surface area contributed by atoms with Crippen molar-refractivity contribution in [2.75, 3.05) is 0 Å². The van der Waals surface area contributed by atoms with Gasteiger partial charge in [-0.15, -0.1) is 0 Å². The Hall–Kier alpha value is -1.52. The quantitative estimate of drug-likeness (QED) is 0.851. The van der Waals surface area contributed by atoms with Gasteiger partial charge in [0.25, 0.3) is 0 Å². The van der Waals surface area contributed by atoms with Gasteiger partial charge in [0, 0.05) is 30.9 Å². The summed E-state index contributed by atoms with van der Waals surface area (Å²) >= 11 is 0. The second-order valence-corrected chi connectivity index (χ2v) is 5.35. The number of carbonyl (C=O) groups excluding carboxylic acids is 1. The largest absolute Gasteiger partial charge is 0.335 e. The van der Waals surface area contributed by atoms with E-state index in [0.29, 0.717) is 18.5 Å². The molecule has 1 aliphatic rings. The van der Waals surface area contributed by atoms with Gasteiger partial charge in [-0.25, -0.2) is 4.79 Å². The van der Waals surface area contributed by atoms with E-state index in [1.165, 1.54) is 11.3 Å². The molecule has 1 aromatic rings. The van der Waals surface area contributed by atoms with E-state index in [0.717, 1.165) is 25.0 Å². The lowest BCUT2D eigenvalue weighted by Crippen LogP contribution is -2.37. The van der Waals surface area contributed by atoms with Crippen molar-refractivity contribution in [3.05, 3.63) is 17.0 Å². The Kier molecular flexibility index (Phi) is 4.12. The highest BCUT2D eigenvalue weighted by Crippen LogP contribution is 2.28. The van der Waals surface area contributed by atoms with Gasteiger partial charge in [-0.2, -0.15) is 5.10 Å². The van der Waals surface area contributed by atoms with Crippen LogP contribution in [0.1, 0.15) is 44.1 Å². The van der Waals surface area contributed by atoms with E-state index in [-0.39, 0.29) is 6.03 Å².